The van der Waals surface area contributed by atoms with Crippen LogP contribution in [0.1, 0.15) is 25.8 Å². The van der Waals surface area contributed by atoms with Gasteiger partial charge in [-0.2, -0.15) is 0 Å². The van der Waals surface area contributed by atoms with E-state index in [0.29, 0.717) is 4.91 Å². The van der Waals surface area contributed by atoms with Crippen LogP contribution in [0, 0.1) is 0 Å². The number of hydrogen-bond acceptors (Lipinski definition) is 4. The molecule has 1 heterocycles. The third-order valence-electron chi connectivity index (χ3n) is 4.28. The first-order chi connectivity index (χ1) is 11.6. The maximum Gasteiger partial charge on any atom is 0.293 e. The molecule has 4 nitrogen and oxygen atoms in total. The van der Waals surface area contributed by atoms with Crippen molar-refractivity contribution in [1.82, 2.24) is 4.90 Å². The number of benzene rings is 2. The minimum absolute atomic E-state index is 0.0870. The van der Waals surface area contributed by atoms with Crippen LogP contribution in [-0.4, -0.2) is 29.2 Å². The highest BCUT2D eigenvalue weighted by Gasteiger charge is 2.37. The smallest absolute Gasteiger partial charge is 0.293 e. The molecular weight excluding hydrogens is 322 g/mol. The van der Waals surface area contributed by atoms with Crippen molar-refractivity contribution < 1.29 is 14.3 Å². The molecule has 2 amide bonds. The molecule has 2 aromatic carbocycles. The molecule has 2 aromatic rings. The predicted octanol–water partition coefficient (Wildman–Crippen LogP) is 4.68. The van der Waals surface area contributed by atoms with E-state index < -0.39 is 0 Å². The number of imide groups is 1. The minimum atomic E-state index is -0.209. The van der Waals surface area contributed by atoms with E-state index in [1.165, 1.54) is 4.90 Å². The number of rotatable bonds is 4. The Hall–Kier alpha value is -2.27. The molecule has 24 heavy (non-hydrogen) atoms. The number of carbonyl (C=O) groups is 2. The number of hydrogen-bond donors (Lipinski definition) is 0. The molecule has 3 rings (SSSR count). The van der Waals surface area contributed by atoms with Crippen molar-refractivity contribution in [3.8, 4) is 5.75 Å². The number of carbonyl (C=O) groups excluding carboxylic acids is 2. The summed E-state index contributed by atoms with van der Waals surface area (Å²) in [6, 6.07) is 11.6. The Kier molecular flexibility index (Phi) is 4.62. The Balaban J connectivity index is 2.05. The zero-order chi connectivity index (χ0) is 17.3. The molecule has 5 heteroatoms. The summed E-state index contributed by atoms with van der Waals surface area (Å²) in [5.41, 5.74) is 0.904. The first-order valence-electron chi connectivity index (χ1n) is 7.89. The van der Waals surface area contributed by atoms with E-state index in [0.717, 1.165) is 40.3 Å². The van der Waals surface area contributed by atoms with Gasteiger partial charge in [0.1, 0.15) is 5.75 Å². The van der Waals surface area contributed by atoms with Gasteiger partial charge < -0.3 is 4.74 Å². The highest BCUT2D eigenvalue weighted by atomic mass is 32.2. The fourth-order valence-electron chi connectivity index (χ4n) is 2.78. The lowest BCUT2D eigenvalue weighted by atomic mass is 10.0. The fraction of sp³-hybridized carbons (Fsp3) is 0.263. The summed E-state index contributed by atoms with van der Waals surface area (Å²) < 4.78 is 5.40. The Morgan fingerprint density at radius 3 is 2.54 bits per heavy atom. The standard InChI is InChI=1S/C19H19NO3S/c1-4-12(2)20-18(21)17(24-19(20)22)11-13-9-10-16(23-3)15-8-6-5-7-14(13)15/h5-12H,4H2,1-3H3/b17-11+/t12-/m0/s1. The van der Waals surface area contributed by atoms with Gasteiger partial charge in [0, 0.05) is 11.4 Å². The van der Waals surface area contributed by atoms with Gasteiger partial charge in [-0.1, -0.05) is 37.3 Å². The van der Waals surface area contributed by atoms with Gasteiger partial charge in [-0.3, -0.25) is 14.5 Å². The van der Waals surface area contributed by atoms with Crippen molar-refractivity contribution in [3.05, 3.63) is 46.9 Å². The second kappa shape index (κ2) is 6.69. The van der Waals surface area contributed by atoms with Crippen LogP contribution in [0.4, 0.5) is 4.79 Å². The molecule has 1 aliphatic rings. The van der Waals surface area contributed by atoms with Crippen molar-refractivity contribution >= 4 is 39.8 Å². The van der Waals surface area contributed by atoms with Gasteiger partial charge in [0.25, 0.3) is 11.1 Å². The number of methoxy groups -OCH3 is 1. The van der Waals surface area contributed by atoms with Crippen LogP contribution in [0.3, 0.4) is 0 Å². The monoisotopic (exact) mass is 341 g/mol. The average molecular weight is 341 g/mol. The molecule has 1 saturated heterocycles. The van der Waals surface area contributed by atoms with Crippen molar-refractivity contribution in [1.29, 1.82) is 0 Å². The van der Waals surface area contributed by atoms with E-state index in [-0.39, 0.29) is 17.2 Å². The molecule has 124 valence electrons. The molecule has 1 aliphatic heterocycles. The molecular formula is C19H19NO3S. The Morgan fingerprint density at radius 1 is 1.17 bits per heavy atom. The lowest BCUT2D eigenvalue weighted by molar-refractivity contribution is -0.124. The Bertz CT molecular complexity index is 844. The van der Waals surface area contributed by atoms with Crippen LogP contribution in [0.2, 0.25) is 0 Å². The molecule has 1 atom stereocenters. The van der Waals surface area contributed by atoms with Gasteiger partial charge in [-0.25, -0.2) is 0 Å². The molecule has 0 bridgehead atoms. The van der Waals surface area contributed by atoms with E-state index in [1.54, 1.807) is 13.2 Å². The number of ether oxygens (including phenoxy) is 1. The number of nitrogens with zero attached hydrogens (tertiary/aromatic N) is 1. The zero-order valence-electron chi connectivity index (χ0n) is 13.9. The van der Waals surface area contributed by atoms with Crippen LogP contribution < -0.4 is 4.74 Å². The van der Waals surface area contributed by atoms with Crippen LogP contribution >= 0.6 is 11.8 Å². The van der Waals surface area contributed by atoms with Crippen molar-refractivity contribution in [2.24, 2.45) is 0 Å². The van der Waals surface area contributed by atoms with Gasteiger partial charge in [0.15, 0.2) is 0 Å². The van der Waals surface area contributed by atoms with Crippen LogP contribution in [-0.2, 0) is 4.79 Å². The molecule has 0 saturated carbocycles. The lowest BCUT2D eigenvalue weighted by Crippen LogP contribution is -2.36. The molecule has 0 radical (unpaired) electrons. The summed E-state index contributed by atoms with van der Waals surface area (Å²) in [4.78, 5) is 26.5. The van der Waals surface area contributed by atoms with Gasteiger partial charge in [0.05, 0.1) is 12.0 Å². The maximum atomic E-state index is 12.6. The first-order valence-corrected chi connectivity index (χ1v) is 8.71. The van der Waals surface area contributed by atoms with E-state index in [9.17, 15) is 9.59 Å². The van der Waals surface area contributed by atoms with E-state index in [1.807, 2.05) is 50.2 Å². The highest BCUT2D eigenvalue weighted by Crippen LogP contribution is 2.36. The predicted molar refractivity (Wildman–Crippen MR) is 98.1 cm³/mol. The van der Waals surface area contributed by atoms with Gasteiger partial charge in [-0.15, -0.1) is 0 Å². The van der Waals surface area contributed by atoms with Crippen molar-refractivity contribution in [2.45, 2.75) is 26.3 Å². The second-order valence-corrected chi connectivity index (χ2v) is 6.70. The lowest BCUT2D eigenvalue weighted by Gasteiger charge is -2.19. The third kappa shape index (κ3) is 2.80. The fourth-order valence-corrected chi connectivity index (χ4v) is 3.70. The minimum Gasteiger partial charge on any atom is -0.496 e. The number of amides is 2. The summed E-state index contributed by atoms with van der Waals surface area (Å²) in [7, 11) is 1.64. The Labute approximate surface area is 145 Å². The first kappa shape index (κ1) is 16.6. The zero-order valence-corrected chi connectivity index (χ0v) is 14.7. The molecule has 1 fully saturated rings. The van der Waals surface area contributed by atoms with Crippen LogP contribution in [0.15, 0.2) is 41.3 Å². The van der Waals surface area contributed by atoms with Crippen LogP contribution in [0.25, 0.3) is 16.8 Å². The Morgan fingerprint density at radius 2 is 1.88 bits per heavy atom. The largest absolute Gasteiger partial charge is 0.496 e. The normalized spacial score (nSPS) is 17.8. The summed E-state index contributed by atoms with van der Waals surface area (Å²) in [5, 5.41) is 1.78. The van der Waals surface area contributed by atoms with E-state index in [4.69, 9.17) is 4.74 Å². The summed E-state index contributed by atoms with van der Waals surface area (Å²) >= 11 is 1.01. The highest BCUT2D eigenvalue weighted by molar-refractivity contribution is 8.18. The molecule has 0 N–H and O–H groups in total. The SMILES string of the molecule is CC[C@H](C)N1C(=O)S/C(=C/c2ccc(OC)c3ccccc23)C1=O. The van der Waals surface area contributed by atoms with Gasteiger partial charge in [0.2, 0.25) is 0 Å². The number of thioether (sulfide) groups is 1. The van der Waals surface area contributed by atoms with Gasteiger partial charge in [-0.05, 0) is 48.2 Å². The van der Waals surface area contributed by atoms with Gasteiger partial charge >= 0.3 is 0 Å². The molecule has 0 aromatic heterocycles. The second-order valence-electron chi connectivity index (χ2n) is 5.71. The molecule has 0 aliphatic carbocycles. The summed E-state index contributed by atoms with van der Waals surface area (Å²) in [6.07, 6.45) is 2.55. The molecule has 0 unspecified atom stereocenters. The summed E-state index contributed by atoms with van der Waals surface area (Å²) in [5.74, 6) is 0.578. The average Bonchev–Trinajstić information content (AvgIpc) is 2.88. The van der Waals surface area contributed by atoms with E-state index in [2.05, 4.69) is 0 Å². The van der Waals surface area contributed by atoms with Crippen molar-refractivity contribution in [2.75, 3.05) is 7.11 Å². The molecule has 0 spiro atoms. The topological polar surface area (TPSA) is 46.6 Å². The van der Waals surface area contributed by atoms with Crippen molar-refractivity contribution in [3.63, 3.8) is 0 Å². The van der Waals surface area contributed by atoms with Crippen LogP contribution in [0.5, 0.6) is 5.75 Å². The maximum absolute atomic E-state index is 12.6. The van der Waals surface area contributed by atoms with E-state index >= 15 is 0 Å². The quantitative estimate of drug-likeness (QED) is 0.757. The third-order valence-corrected chi connectivity index (χ3v) is 5.16. The number of fused-ring (bicyclic) bond motifs is 1. The summed E-state index contributed by atoms with van der Waals surface area (Å²) in [6.45, 7) is 3.86.